The SMILES string of the molecule is COc1ccc(C(=N)c2c(N)ncnc2NC(C)c2nc3ccc(F)cc3c(=O)n2-c2ccccc2)c(F)c1F. The van der Waals surface area contributed by atoms with Crippen molar-refractivity contribution >= 4 is 28.3 Å². The smallest absolute Gasteiger partial charge is 0.266 e. The molecule has 9 nitrogen and oxygen atoms in total. The molecule has 3 aromatic carbocycles. The highest BCUT2D eigenvalue weighted by Crippen LogP contribution is 2.29. The molecule has 4 N–H and O–H groups in total. The van der Waals surface area contributed by atoms with Crippen molar-refractivity contribution in [1.29, 1.82) is 5.41 Å². The van der Waals surface area contributed by atoms with E-state index in [1.165, 1.54) is 35.9 Å². The molecule has 202 valence electrons. The molecule has 0 fully saturated rings. The third kappa shape index (κ3) is 4.59. The Hall–Kier alpha value is -5.26. The number of anilines is 2. The van der Waals surface area contributed by atoms with Crippen LogP contribution in [0, 0.1) is 22.9 Å². The van der Waals surface area contributed by atoms with E-state index in [1.54, 1.807) is 37.3 Å². The number of benzene rings is 3. The molecule has 0 aliphatic heterocycles. The van der Waals surface area contributed by atoms with E-state index in [0.717, 1.165) is 12.4 Å². The first-order valence-corrected chi connectivity index (χ1v) is 12.0. The summed E-state index contributed by atoms with van der Waals surface area (Å²) in [5.74, 6) is -3.35. The molecule has 0 radical (unpaired) electrons. The normalized spacial score (nSPS) is 11.8. The lowest BCUT2D eigenvalue weighted by molar-refractivity contribution is 0.371. The molecule has 5 rings (SSSR count). The Bertz CT molecular complexity index is 1830. The van der Waals surface area contributed by atoms with Crippen LogP contribution in [0.4, 0.5) is 24.8 Å². The molecule has 0 aliphatic carbocycles. The Labute approximate surface area is 225 Å². The van der Waals surface area contributed by atoms with Gasteiger partial charge in [-0.3, -0.25) is 14.8 Å². The Morgan fingerprint density at radius 1 is 1.05 bits per heavy atom. The minimum Gasteiger partial charge on any atom is -0.494 e. The molecule has 1 unspecified atom stereocenters. The Morgan fingerprint density at radius 3 is 2.52 bits per heavy atom. The number of nitrogens with zero attached hydrogens (tertiary/aromatic N) is 4. The second-order valence-electron chi connectivity index (χ2n) is 8.77. The van der Waals surface area contributed by atoms with E-state index in [-0.39, 0.29) is 45.2 Å². The third-order valence-corrected chi connectivity index (χ3v) is 6.27. The molecular weight excluding hydrogens is 523 g/mol. The summed E-state index contributed by atoms with van der Waals surface area (Å²) in [5, 5.41) is 11.8. The molecule has 0 saturated heterocycles. The number of hydrogen-bond donors (Lipinski definition) is 3. The average Bonchev–Trinajstić information content (AvgIpc) is 2.95. The second-order valence-corrected chi connectivity index (χ2v) is 8.77. The number of ether oxygens (including phenoxy) is 1. The summed E-state index contributed by atoms with van der Waals surface area (Å²) in [6.45, 7) is 1.69. The van der Waals surface area contributed by atoms with Crippen molar-refractivity contribution in [2.24, 2.45) is 0 Å². The van der Waals surface area contributed by atoms with Crippen LogP contribution in [0.25, 0.3) is 16.6 Å². The number of para-hydroxylation sites is 1. The van der Waals surface area contributed by atoms with Gasteiger partial charge in [0.15, 0.2) is 11.6 Å². The van der Waals surface area contributed by atoms with Crippen LogP contribution in [0.5, 0.6) is 5.75 Å². The number of nitrogens with two attached hydrogens (primary N) is 1. The fourth-order valence-corrected chi connectivity index (χ4v) is 4.33. The highest BCUT2D eigenvalue weighted by atomic mass is 19.2. The fourth-order valence-electron chi connectivity index (χ4n) is 4.33. The maximum atomic E-state index is 14.9. The van der Waals surface area contributed by atoms with Crippen LogP contribution in [-0.4, -0.2) is 32.3 Å². The van der Waals surface area contributed by atoms with Gasteiger partial charge in [0.25, 0.3) is 5.56 Å². The van der Waals surface area contributed by atoms with Gasteiger partial charge in [-0.1, -0.05) is 18.2 Å². The highest BCUT2D eigenvalue weighted by molar-refractivity contribution is 6.16. The Balaban J connectivity index is 1.63. The number of hydrogen-bond acceptors (Lipinski definition) is 8. The summed E-state index contributed by atoms with van der Waals surface area (Å²) in [4.78, 5) is 26.3. The number of aromatic nitrogens is 4. The van der Waals surface area contributed by atoms with Gasteiger partial charge in [-0.2, -0.15) is 4.39 Å². The number of nitrogens with one attached hydrogen (secondary N) is 2. The Morgan fingerprint density at radius 2 is 1.80 bits per heavy atom. The monoisotopic (exact) mass is 545 g/mol. The number of nitrogen functional groups attached to an aromatic ring is 1. The highest BCUT2D eigenvalue weighted by Gasteiger charge is 2.25. The quantitative estimate of drug-likeness (QED) is 0.251. The molecule has 2 heterocycles. The Kier molecular flexibility index (Phi) is 6.91. The molecule has 0 amide bonds. The summed E-state index contributed by atoms with van der Waals surface area (Å²) >= 11 is 0. The van der Waals surface area contributed by atoms with Gasteiger partial charge < -0.3 is 15.8 Å². The van der Waals surface area contributed by atoms with Gasteiger partial charge in [-0.15, -0.1) is 0 Å². The lowest BCUT2D eigenvalue weighted by Crippen LogP contribution is -2.28. The molecule has 2 aromatic heterocycles. The van der Waals surface area contributed by atoms with Gasteiger partial charge in [0, 0.05) is 5.56 Å². The third-order valence-electron chi connectivity index (χ3n) is 6.27. The van der Waals surface area contributed by atoms with Crippen molar-refractivity contribution in [2.75, 3.05) is 18.2 Å². The molecule has 12 heteroatoms. The van der Waals surface area contributed by atoms with Gasteiger partial charge in [0.2, 0.25) is 5.82 Å². The van der Waals surface area contributed by atoms with Gasteiger partial charge in [-0.25, -0.2) is 23.7 Å². The van der Waals surface area contributed by atoms with E-state index in [4.69, 9.17) is 15.9 Å². The first kappa shape index (κ1) is 26.4. The lowest BCUT2D eigenvalue weighted by atomic mass is 10.0. The predicted octanol–water partition coefficient (Wildman–Crippen LogP) is 4.77. The van der Waals surface area contributed by atoms with Crippen LogP contribution in [0.3, 0.4) is 0 Å². The molecule has 0 saturated carbocycles. The summed E-state index contributed by atoms with van der Waals surface area (Å²) in [5.41, 5.74) is 5.38. The minimum absolute atomic E-state index is 0.0219. The zero-order chi connectivity index (χ0) is 28.6. The van der Waals surface area contributed by atoms with Crippen LogP contribution in [0.1, 0.15) is 29.9 Å². The molecule has 0 spiro atoms. The largest absolute Gasteiger partial charge is 0.494 e. The number of methoxy groups -OCH3 is 1. The molecule has 0 bridgehead atoms. The molecule has 5 aromatic rings. The van der Waals surface area contributed by atoms with Gasteiger partial charge in [0.1, 0.15) is 29.6 Å². The van der Waals surface area contributed by atoms with Gasteiger partial charge >= 0.3 is 0 Å². The van der Waals surface area contributed by atoms with Crippen molar-refractivity contribution in [3.05, 3.63) is 112 Å². The van der Waals surface area contributed by atoms with E-state index < -0.39 is 34.8 Å². The van der Waals surface area contributed by atoms with Crippen molar-refractivity contribution in [2.45, 2.75) is 13.0 Å². The number of fused-ring (bicyclic) bond motifs is 1. The minimum atomic E-state index is -1.30. The van der Waals surface area contributed by atoms with E-state index >= 15 is 0 Å². The molecule has 0 aliphatic rings. The number of rotatable bonds is 7. The van der Waals surface area contributed by atoms with Crippen LogP contribution in [-0.2, 0) is 0 Å². The zero-order valence-electron chi connectivity index (χ0n) is 21.2. The van der Waals surface area contributed by atoms with E-state index in [9.17, 15) is 18.0 Å². The molecule has 40 heavy (non-hydrogen) atoms. The van der Waals surface area contributed by atoms with Crippen LogP contribution in [0.15, 0.2) is 71.8 Å². The van der Waals surface area contributed by atoms with Crippen molar-refractivity contribution in [1.82, 2.24) is 19.5 Å². The average molecular weight is 546 g/mol. The van der Waals surface area contributed by atoms with E-state index in [2.05, 4.69) is 20.3 Å². The fraction of sp³-hybridized carbons (Fsp3) is 0.107. The van der Waals surface area contributed by atoms with Gasteiger partial charge in [0.05, 0.1) is 41.0 Å². The zero-order valence-corrected chi connectivity index (χ0v) is 21.2. The number of halogens is 3. The van der Waals surface area contributed by atoms with Crippen molar-refractivity contribution < 1.29 is 17.9 Å². The molecule has 1 atom stereocenters. The molecular formula is C28H22F3N7O2. The maximum absolute atomic E-state index is 14.9. The van der Waals surface area contributed by atoms with E-state index in [1.807, 2.05) is 0 Å². The standard InChI is InChI=1S/C28H22F3N7O2/c1-14(27-37-19-10-8-15(29)12-18(19)28(39)38(27)16-6-4-3-5-7-16)36-26-21(25(33)34-13-35-26)24(32)17-9-11-20(40-2)23(31)22(17)30/h3-14,32H,1-2H3,(H3,33,34,35,36). The lowest BCUT2D eigenvalue weighted by Gasteiger charge is -2.22. The van der Waals surface area contributed by atoms with Crippen LogP contribution >= 0.6 is 0 Å². The summed E-state index contributed by atoms with van der Waals surface area (Å²) in [7, 11) is 1.20. The summed E-state index contributed by atoms with van der Waals surface area (Å²) in [6.07, 6.45) is 1.15. The van der Waals surface area contributed by atoms with Crippen LogP contribution in [0.2, 0.25) is 0 Å². The summed E-state index contributed by atoms with van der Waals surface area (Å²) < 4.78 is 49.4. The first-order valence-electron chi connectivity index (χ1n) is 12.0. The maximum Gasteiger partial charge on any atom is 0.266 e. The second kappa shape index (κ2) is 10.5. The first-order chi connectivity index (χ1) is 19.2. The summed E-state index contributed by atoms with van der Waals surface area (Å²) in [6, 6.07) is 14.0. The van der Waals surface area contributed by atoms with Gasteiger partial charge in [-0.05, 0) is 49.4 Å². The van der Waals surface area contributed by atoms with Crippen LogP contribution < -0.4 is 21.3 Å². The van der Waals surface area contributed by atoms with E-state index in [0.29, 0.717) is 5.69 Å². The van der Waals surface area contributed by atoms with Crippen molar-refractivity contribution in [3.63, 3.8) is 0 Å². The predicted molar refractivity (Wildman–Crippen MR) is 145 cm³/mol. The van der Waals surface area contributed by atoms with Crippen molar-refractivity contribution in [3.8, 4) is 11.4 Å². The topological polar surface area (TPSA) is 132 Å².